The lowest BCUT2D eigenvalue weighted by molar-refractivity contribution is 0.0690. The average molecular weight is 453 g/mol. The first-order chi connectivity index (χ1) is 15.5. The van der Waals surface area contributed by atoms with E-state index in [1.807, 2.05) is 29.3 Å². The Morgan fingerprint density at radius 1 is 1.25 bits per heavy atom. The van der Waals surface area contributed by atoms with E-state index in [9.17, 15) is 9.18 Å². The van der Waals surface area contributed by atoms with E-state index in [-0.39, 0.29) is 10.9 Å². The lowest BCUT2D eigenvalue weighted by Gasteiger charge is -2.32. The predicted molar refractivity (Wildman–Crippen MR) is 124 cm³/mol. The molecule has 1 aromatic heterocycles. The monoisotopic (exact) mass is 452 g/mol. The topological polar surface area (TPSA) is 71.9 Å². The largest absolute Gasteiger partial charge is 0.361 e. The van der Waals surface area contributed by atoms with Gasteiger partial charge in [0.05, 0.1) is 16.7 Å². The molecule has 5 nitrogen and oxygen atoms in total. The van der Waals surface area contributed by atoms with Gasteiger partial charge in [0.25, 0.3) is 5.91 Å². The number of hydrogen-bond donors (Lipinski definition) is 2. The van der Waals surface area contributed by atoms with E-state index in [0.29, 0.717) is 30.1 Å². The first-order valence-electron chi connectivity index (χ1n) is 11.0. The zero-order chi connectivity index (χ0) is 22.5. The summed E-state index contributed by atoms with van der Waals surface area (Å²) < 4.78 is 13.3. The minimum atomic E-state index is -0.510. The highest BCUT2D eigenvalue weighted by Crippen LogP contribution is 2.22. The van der Waals surface area contributed by atoms with E-state index in [1.54, 1.807) is 0 Å². The third-order valence-corrected chi connectivity index (χ3v) is 6.49. The zero-order valence-electron chi connectivity index (χ0n) is 17.8. The fourth-order valence-corrected chi connectivity index (χ4v) is 4.50. The van der Waals surface area contributed by atoms with Crippen LogP contribution in [0.3, 0.4) is 0 Å². The number of carbonyl (C=O) groups excluding carboxylic acids is 1. The number of nitrogens with zero attached hydrogens (tertiary/aromatic N) is 2. The molecule has 7 heteroatoms. The summed E-state index contributed by atoms with van der Waals surface area (Å²) in [6.45, 7) is 3.28. The van der Waals surface area contributed by atoms with Gasteiger partial charge in [-0.25, -0.2) is 4.39 Å². The highest BCUT2D eigenvalue weighted by atomic mass is 35.5. The van der Waals surface area contributed by atoms with Crippen molar-refractivity contribution < 1.29 is 9.18 Å². The molecule has 3 aromatic rings. The first kappa shape index (κ1) is 22.3. The number of nitrogens with one attached hydrogen (secondary N) is 2. The van der Waals surface area contributed by atoms with Crippen LogP contribution in [0.15, 0.2) is 42.6 Å². The molecule has 1 aliphatic heterocycles. The van der Waals surface area contributed by atoms with Crippen LogP contribution in [0.1, 0.15) is 40.7 Å². The molecule has 0 aliphatic carbocycles. The third kappa shape index (κ3) is 5.12. The molecule has 1 fully saturated rings. The van der Waals surface area contributed by atoms with Crippen LogP contribution in [0, 0.1) is 23.1 Å². The number of fused-ring (bicyclic) bond motifs is 1. The number of likely N-dealkylation sites (tertiary alicyclic amines) is 1. The Labute approximate surface area is 192 Å². The summed E-state index contributed by atoms with van der Waals surface area (Å²) in [5.74, 6) is -0.0525. The second kappa shape index (κ2) is 10.2. The van der Waals surface area contributed by atoms with Crippen molar-refractivity contribution in [2.45, 2.75) is 25.7 Å². The van der Waals surface area contributed by atoms with E-state index in [2.05, 4.69) is 16.4 Å². The smallest absolute Gasteiger partial charge is 0.253 e. The number of hydrogen-bond acceptors (Lipinski definition) is 3. The van der Waals surface area contributed by atoms with Gasteiger partial charge < -0.3 is 15.2 Å². The number of aromatic amines is 1. The predicted octanol–water partition coefficient (Wildman–Crippen LogP) is 4.91. The molecule has 0 bridgehead atoms. The summed E-state index contributed by atoms with van der Waals surface area (Å²) in [5.41, 5.74) is 3.43. The molecule has 4 rings (SSSR count). The van der Waals surface area contributed by atoms with Crippen LogP contribution >= 0.6 is 11.6 Å². The number of benzene rings is 2. The van der Waals surface area contributed by atoms with Gasteiger partial charge in [0.2, 0.25) is 0 Å². The number of amides is 1. The number of H-pyrrole nitrogens is 1. The molecule has 2 aromatic carbocycles. The quantitative estimate of drug-likeness (QED) is 0.500. The Morgan fingerprint density at radius 2 is 2.06 bits per heavy atom. The summed E-state index contributed by atoms with van der Waals surface area (Å²) >= 11 is 5.81. The zero-order valence-corrected chi connectivity index (χ0v) is 18.6. The fraction of sp³-hybridized carbons (Fsp3) is 0.360. The molecule has 0 atom stereocenters. The van der Waals surface area contributed by atoms with Crippen LogP contribution in [0.4, 0.5) is 4.39 Å². The Kier molecular flexibility index (Phi) is 7.09. The van der Waals surface area contributed by atoms with Crippen molar-refractivity contribution in [3.8, 4) is 6.07 Å². The number of carbonyl (C=O) groups is 1. The molecule has 0 saturated carbocycles. The SMILES string of the molecule is N#Cc1ccc2[nH]cc(CCCNCC3CCN(C(=O)c4ccc(F)c(Cl)c4)CC3)c2c1. The Balaban J connectivity index is 1.18. The van der Waals surface area contributed by atoms with Crippen LogP contribution in [0.2, 0.25) is 5.02 Å². The summed E-state index contributed by atoms with van der Waals surface area (Å²) in [4.78, 5) is 17.7. The van der Waals surface area contributed by atoms with Crippen molar-refractivity contribution in [1.82, 2.24) is 15.2 Å². The molecule has 1 aliphatic rings. The van der Waals surface area contributed by atoms with Crippen molar-refractivity contribution in [3.63, 3.8) is 0 Å². The van der Waals surface area contributed by atoms with Crippen molar-refractivity contribution in [3.05, 3.63) is 70.1 Å². The second-order valence-electron chi connectivity index (χ2n) is 8.36. The van der Waals surface area contributed by atoms with Crippen LogP contribution in [-0.4, -0.2) is 42.0 Å². The summed E-state index contributed by atoms with van der Waals surface area (Å²) in [6, 6.07) is 12.1. The van der Waals surface area contributed by atoms with Crippen molar-refractivity contribution in [2.75, 3.05) is 26.2 Å². The van der Waals surface area contributed by atoms with Gasteiger partial charge in [-0.1, -0.05) is 11.6 Å². The Hall–Kier alpha value is -2.88. The molecule has 0 radical (unpaired) electrons. The average Bonchev–Trinajstić information content (AvgIpc) is 3.22. The van der Waals surface area contributed by atoms with Crippen LogP contribution < -0.4 is 5.32 Å². The normalized spacial score (nSPS) is 14.6. The van der Waals surface area contributed by atoms with Gasteiger partial charge in [0.15, 0.2) is 0 Å². The van der Waals surface area contributed by atoms with E-state index in [0.717, 1.165) is 49.7 Å². The molecular weight excluding hydrogens is 427 g/mol. The minimum Gasteiger partial charge on any atom is -0.361 e. The summed E-state index contributed by atoms with van der Waals surface area (Å²) in [7, 11) is 0. The third-order valence-electron chi connectivity index (χ3n) is 6.20. The molecule has 1 amide bonds. The van der Waals surface area contributed by atoms with Crippen LogP contribution in [-0.2, 0) is 6.42 Å². The molecular formula is C25H26ClFN4O. The number of aromatic nitrogens is 1. The van der Waals surface area contributed by atoms with Crippen LogP contribution in [0.25, 0.3) is 10.9 Å². The van der Waals surface area contributed by atoms with Gasteiger partial charge in [0.1, 0.15) is 5.82 Å². The maximum atomic E-state index is 13.3. The van der Waals surface area contributed by atoms with E-state index >= 15 is 0 Å². The number of aryl methyl sites for hydroxylation is 1. The highest BCUT2D eigenvalue weighted by Gasteiger charge is 2.23. The number of halogens is 2. The lowest BCUT2D eigenvalue weighted by atomic mass is 9.96. The van der Waals surface area contributed by atoms with Gasteiger partial charge in [-0.05, 0) is 86.7 Å². The lowest BCUT2D eigenvalue weighted by Crippen LogP contribution is -2.40. The van der Waals surface area contributed by atoms with E-state index in [4.69, 9.17) is 16.9 Å². The summed E-state index contributed by atoms with van der Waals surface area (Å²) in [6.07, 6.45) is 5.91. The Morgan fingerprint density at radius 3 is 2.81 bits per heavy atom. The molecule has 2 N–H and O–H groups in total. The molecule has 32 heavy (non-hydrogen) atoms. The van der Waals surface area contributed by atoms with Crippen LogP contribution in [0.5, 0.6) is 0 Å². The minimum absolute atomic E-state index is 0.0203. The van der Waals surface area contributed by atoms with Gasteiger partial charge in [-0.15, -0.1) is 0 Å². The van der Waals surface area contributed by atoms with E-state index < -0.39 is 5.82 Å². The molecule has 1 saturated heterocycles. The number of rotatable bonds is 7. The number of piperidine rings is 1. The van der Waals surface area contributed by atoms with Gasteiger partial charge in [0, 0.05) is 35.8 Å². The number of nitriles is 1. The molecule has 166 valence electrons. The Bertz CT molecular complexity index is 1140. The molecule has 0 unspecified atom stereocenters. The standard InChI is InChI=1S/C25H26ClFN4O/c26-22-13-19(4-5-23(22)27)25(32)31-10-7-17(8-11-31)15-29-9-1-2-20-16-30-24-6-3-18(14-28)12-21(20)24/h3-6,12-13,16-17,29-30H,1-2,7-11,15H2. The van der Waals surface area contributed by atoms with Crippen molar-refractivity contribution in [1.29, 1.82) is 5.26 Å². The van der Waals surface area contributed by atoms with Gasteiger partial charge >= 0.3 is 0 Å². The highest BCUT2D eigenvalue weighted by molar-refractivity contribution is 6.31. The molecule has 0 spiro atoms. The van der Waals surface area contributed by atoms with Crippen molar-refractivity contribution >= 4 is 28.4 Å². The van der Waals surface area contributed by atoms with Gasteiger partial charge in [-0.3, -0.25) is 4.79 Å². The maximum absolute atomic E-state index is 13.3. The first-order valence-corrected chi connectivity index (χ1v) is 11.4. The summed E-state index contributed by atoms with van der Waals surface area (Å²) in [5, 5.41) is 13.8. The van der Waals surface area contributed by atoms with E-state index in [1.165, 1.54) is 23.8 Å². The fourth-order valence-electron chi connectivity index (χ4n) is 4.32. The van der Waals surface area contributed by atoms with Gasteiger partial charge in [-0.2, -0.15) is 5.26 Å². The maximum Gasteiger partial charge on any atom is 0.253 e. The van der Waals surface area contributed by atoms with Crippen molar-refractivity contribution in [2.24, 2.45) is 5.92 Å². The second-order valence-corrected chi connectivity index (χ2v) is 8.77. The molecule has 2 heterocycles.